The second-order valence-corrected chi connectivity index (χ2v) is 15.8. The fraction of sp³-hybridized carbons (Fsp3) is 0.385. The Morgan fingerprint density at radius 3 is 1.20 bits per heavy atom. The number of hydrogen-bond donors (Lipinski definition) is 0. The normalized spacial score (nSPS) is 23.7. The molecule has 240 valence electrons. The van der Waals surface area contributed by atoms with Gasteiger partial charge in [0.25, 0.3) is 11.8 Å². The van der Waals surface area contributed by atoms with E-state index in [4.69, 9.17) is 0 Å². The molecular formula is C26H24Br2F6N4O4S2. The molecule has 0 N–H and O–H groups in total. The summed E-state index contributed by atoms with van der Waals surface area (Å²) in [7, 11) is 2.85. The van der Waals surface area contributed by atoms with Crippen LogP contribution in [0.25, 0.3) is 0 Å². The van der Waals surface area contributed by atoms with E-state index in [0.29, 0.717) is 0 Å². The van der Waals surface area contributed by atoms with Crippen LogP contribution in [-0.2, 0) is 44.3 Å². The highest BCUT2D eigenvalue weighted by molar-refractivity contribution is 9.10. The molecule has 4 unspecified atom stereocenters. The average Bonchev–Trinajstić information content (AvgIpc) is 3.24. The van der Waals surface area contributed by atoms with Gasteiger partial charge in [-0.2, -0.15) is 36.5 Å². The van der Waals surface area contributed by atoms with Gasteiger partial charge < -0.3 is 9.11 Å². The number of alkyl halides is 8. The Labute approximate surface area is 271 Å². The molecule has 0 saturated heterocycles. The summed E-state index contributed by atoms with van der Waals surface area (Å²) in [5.41, 5.74) is -1.31. The first kappa shape index (κ1) is 36.3. The molecular weight excluding hydrogens is 770 g/mol. The van der Waals surface area contributed by atoms with E-state index in [9.17, 15) is 45.0 Å². The third kappa shape index (κ3) is 7.14. The molecule has 18 heteroatoms. The van der Waals surface area contributed by atoms with E-state index in [0.717, 1.165) is 34.3 Å². The first-order valence-corrected chi connectivity index (χ1v) is 16.8. The monoisotopic (exact) mass is 792 g/mol. The Hall–Kier alpha value is -2.12. The van der Waals surface area contributed by atoms with Crippen LogP contribution in [0.5, 0.6) is 0 Å². The maximum absolute atomic E-state index is 13.2. The smallest absolute Gasteiger partial charge is 0.421 e. The summed E-state index contributed by atoms with van der Waals surface area (Å²) in [4.78, 5) is 23.3. The summed E-state index contributed by atoms with van der Waals surface area (Å²) in [6, 6.07) is 6.84. The van der Waals surface area contributed by atoms with Gasteiger partial charge >= 0.3 is 12.4 Å². The van der Waals surface area contributed by atoms with Crippen molar-refractivity contribution in [2.24, 2.45) is 10.2 Å². The van der Waals surface area contributed by atoms with Gasteiger partial charge in [0.1, 0.15) is 32.3 Å². The molecule has 0 aromatic heterocycles. The van der Waals surface area contributed by atoms with Gasteiger partial charge in [0, 0.05) is 25.2 Å². The molecule has 2 aliphatic rings. The van der Waals surface area contributed by atoms with Crippen molar-refractivity contribution >= 4 is 77.4 Å². The van der Waals surface area contributed by atoms with E-state index in [1.54, 1.807) is 0 Å². The quantitative estimate of drug-likeness (QED) is 0.230. The zero-order chi connectivity index (χ0) is 33.7. The van der Waals surface area contributed by atoms with Gasteiger partial charge in [-0.05, 0) is 72.6 Å². The minimum Gasteiger partial charge on any atom is -0.612 e. The molecule has 0 saturated carbocycles. The van der Waals surface area contributed by atoms with Crippen LogP contribution in [0.4, 0.5) is 26.3 Å². The van der Waals surface area contributed by atoms with Crippen molar-refractivity contribution in [3.63, 3.8) is 0 Å². The van der Waals surface area contributed by atoms with E-state index >= 15 is 0 Å². The molecule has 2 amide bonds. The van der Waals surface area contributed by atoms with Gasteiger partial charge in [-0.3, -0.25) is 9.59 Å². The van der Waals surface area contributed by atoms with E-state index < -0.39 is 54.5 Å². The summed E-state index contributed by atoms with van der Waals surface area (Å²) in [5, 5.41) is 10.1. The third-order valence-corrected chi connectivity index (χ3v) is 9.90. The number of carbonyl (C=O) groups is 2. The fourth-order valence-electron chi connectivity index (χ4n) is 4.35. The fourth-order valence-corrected chi connectivity index (χ4v) is 6.96. The summed E-state index contributed by atoms with van der Waals surface area (Å²) >= 11 is 2.86. The second kappa shape index (κ2) is 12.6. The Morgan fingerprint density at radius 2 is 1.00 bits per heavy atom. The van der Waals surface area contributed by atoms with Crippen molar-refractivity contribution in [1.29, 1.82) is 0 Å². The number of rotatable bonds is 4. The van der Waals surface area contributed by atoms with Crippen molar-refractivity contribution in [2.45, 2.75) is 44.6 Å². The van der Waals surface area contributed by atoms with Crippen LogP contribution < -0.4 is 0 Å². The first-order chi connectivity index (χ1) is 19.9. The zero-order valence-electron chi connectivity index (χ0n) is 23.7. The molecule has 0 fully saturated rings. The molecule has 4 atom stereocenters. The number of hydrazone groups is 2. The number of nitrogens with zero attached hydrogens (tertiary/aromatic N) is 4. The molecule has 2 aromatic carbocycles. The van der Waals surface area contributed by atoms with Crippen LogP contribution in [0, 0.1) is 0 Å². The van der Waals surface area contributed by atoms with Crippen molar-refractivity contribution in [3.05, 3.63) is 58.7 Å². The lowest BCUT2D eigenvalue weighted by atomic mass is 9.97. The maximum atomic E-state index is 13.2. The molecule has 8 nitrogen and oxygen atoms in total. The average molecular weight is 794 g/mol. The van der Waals surface area contributed by atoms with Gasteiger partial charge in [-0.15, -0.1) is 0 Å². The number of halogens is 8. The number of carbonyl (C=O) groups excluding carboxylic acids is 2. The molecule has 0 spiro atoms. The molecule has 0 radical (unpaired) electrons. The highest BCUT2D eigenvalue weighted by Gasteiger charge is 2.47. The van der Waals surface area contributed by atoms with Gasteiger partial charge in [0.05, 0.1) is 11.4 Å². The van der Waals surface area contributed by atoms with Crippen molar-refractivity contribution in [1.82, 2.24) is 10.0 Å². The highest BCUT2D eigenvalue weighted by atomic mass is 79.9. The summed E-state index contributed by atoms with van der Waals surface area (Å²) < 4.78 is 99.5. The minimum atomic E-state index is -4.64. The van der Waals surface area contributed by atoms with Crippen molar-refractivity contribution in [2.75, 3.05) is 26.6 Å². The SMILES string of the molecule is CN1N=C(c2ccc([S+](C)[O-])c(C(F)(F)F)c2)C(C)(Br)C1=O.CN1N=C(c2ccc([S+](C)[O-])c(C(F)(F)F)c2)C(C)(Br)C1=O. The Bertz CT molecular complexity index is 1430. The third-order valence-electron chi connectivity index (χ3n) is 6.52. The Balaban J connectivity index is 0.000000240. The molecule has 2 heterocycles. The lowest BCUT2D eigenvalue weighted by Gasteiger charge is -2.18. The largest absolute Gasteiger partial charge is 0.612 e. The lowest BCUT2D eigenvalue weighted by molar-refractivity contribution is -0.140. The zero-order valence-corrected chi connectivity index (χ0v) is 28.5. The molecule has 4 rings (SSSR count). The first-order valence-electron chi connectivity index (χ1n) is 12.1. The molecule has 2 aliphatic heterocycles. The van der Waals surface area contributed by atoms with E-state index in [2.05, 4.69) is 42.1 Å². The second-order valence-electron chi connectivity index (χ2n) is 9.89. The molecule has 0 aliphatic carbocycles. The Kier molecular flexibility index (Phi) is 10.4. The molecule has 2 aromatic rings. The van der Waals surface area contributed by atoms with Gasteiger partial charge in [-0.25, -0.2) is 10.0 Å². The number of benzene rings is 2. The van der Waals surface area contributed by atoms with Gasteiger partial charge in [-0.1, -0.05) is 31.9 Å². The van der Waals surface area contributed by atoms with Crippen LogP contribution in [0.3, 0.4) is 0 Å². The summed E-state index contributed by atoms with van der Waals surface area (Å²) in [6.07, 6.45) is -6.92. The van der Waals surface area contributed by atoms with Crippen LogP contribution >= 0.6 is 31.9 Å². The van der Waals surface area contributed by atoms with E-state index in [-0.39, 0.29) is 44.2 Å². The Morgan fingerprint density at radius 1 is 0.705 bits per heavy atom. The molecule has 0 bridgehead atoms. The molecule has 44 heavy (non-hydrogen) atoms. The number of hydrogen-bond acceptors (Lipinski definition) is 6. The lowest BCUT2D eigenvalue weighted by Crippen LogP contribution is -2.37. The van der Waals surface area contributed by atoms with Crippen LogP contribution in [-0.4, -0.2) is 77.6 Å². The topological polar surface area (TPSA) is 111 Å². The predicted octanol–water partition coefficient (Wildman–Crippen LogP) is 5.55. The maximum Gasteiger partial charge on any atom is 0.421 e. The van der Waals surface area contributed by atoms with Crippen molar-refractivity contribution in [3.8, 4) is 0 Å². The number of amides is 2. The highest BCUT2D eigenvalue weighted by Crippen LogP contribution is 2.39. The van der Waals surface area contributed by atoms with Crippen LogP contribution in [0.15, 0.2) is 56.4 Å². The predicted molar refractivity (Wildman–Crippen MR) is 161 cm³/mol. The van der Waals surface area contributed by atoms with E-state index in [1.165, 1.54) is 52.6 Å². The summed E-state index contributed by atoms with van der Waals surface area (Å²) in [5.74, 6) is -0.751. The standard InChI is InChI=1S/2C13H12BrF3N2O2S/c2*1-12(14)10(18-19(2)11(12)20)7-4-5-9(22(3)21)8(6-7)13(15,16)17/h2*4-6H,1-3H3. The van der Waals surface area contributed by atoms with Crippen LogP contribution in [0.2, 0.25) is 0 Å². The minimum absolute atomic E-state index is 0.151. The van der Waals surface area contributed by atoms with Gasteiger partial charge in [0.15, 0.2) is 9.79 Å². The summed E-state index contributed by atoms with van der Waals surface area (Å²) in [6.45, 7) is 3.05. The van der Waals surface area contributed by atoms with E-state index in [1.807, 2.05) is 0 Å². The van der Waals surface area contributed by atoms with Crippen molar-refractivity contribution < 1.29 is 45.0 Å². The van der Waals surface area contributed by atoms with Crippen LogP contribution in [0.1, 0.15) is 36.1 Å². The van der Waals surface area contributed by atoms with Gasteiger partial charge in [0.2, 0.25) is 0 Å².